The van der Waals surface area contributed by atoms with Gasteiger partial charge in [-0.15, -0.1) is 0 Å². The Bertz CT molecular complexity index is 536. The summed E-state index contributed by atoms with van der Waals surface area (Å²) >= 11 is 0. The van der Waals surface area contributed by atoms with Crippen LogP contribution in [0.1, 0.15) is 30.6 Å². The van der Waals surface area contributed by atoms with Crippen LogP contribution in [0, 0.1) is 5.92 Å². The Balaban J connectivity index is 2.91. The molecule has 104 valence electrons. The third-order valence-corrected chi connectivity index (χ3v) is 3.13. The zero-order chi connectivity index (χ0) is 14.6. The van der Waals surface area contributed by atoms with E-state index in [0.717, 1.165) is 0 Å². The maximum atomic E-state index is 11.9. The Morgan fingerprint density at radius 2 is 2.11 bits per heavy atom. The Kier molecular flexibility index (Phi) is 4.86. The fourth-order valence-electron chi connectivity index (χ4n) is 1.60. The SMILES string of the molecule is CCC(C)C(NC(=O)c1ccn(C)c(=O)c1)C(=O)O. The summed E-state index contributed by atoms with van der Waals surface area (Å²) in [5.41, 5.74) is -0.152. The molecule has 0 saturated heterocycles. The van der Waals surface area contributed by atoms with Gasteiger partial charge in [0.15, 0.2) is 0 Å². The molecule has 2 N–H and O–H groups in total. The number of aryl methyl sites for hydroxylation is 1. The minimum Gasteiger partial charge on any atom is -0.480 e. The maximum Gasteiger partial charge on any atom is 0.326 e. The zero-order valence-corrected chi connectivity index (χ0v) is 11.2. The summed E-state index contributed by atoms with van der Waals surface area (Å²) < 4.78 is 1.33. The number of aromatic nitrogens is 1. The molecule has 0 saturated carbocycles. The van der Waals surface area contributed by atoms with Gasteiger partial charge in [0.05, 0.1) is 0 Å². The van der Waals surface area contributed by atoms with E-state index in [4.69, 9.17) is 5.11 Å². The number of nitrogens with one attached hydrogen (secondary N) is 1. The Labute approximate surface area is 111 Å². The van der Waals surface area contributed by atoms with Crippen molar-refractivity contribution < 1.29 is 14.7 Å². The second-order valence-electron chi connectivity index (χ2n) is 4.54. The summed E-state index contributed by atoms with van der Waals surface area (Å²) in [4.78, 5) is 34.4. The quantitative estimate of drug-likeness (QED) is 0.817. The molecule has 0 bridgehead atoms. The number of nitrogens with zero attached hydrogens (tertiary/aromatic N) is 1. The van der Waals surface area contributed by atoms with Crippen LogP contribution in [-0.4, -0.2) is 27.6 Å². The smallest absolute Gasteiger partial charge is 0.326 e. The molecule has 19 heavy (non-hydrogen) atoms. The van der Waals surface area contributed by atoms with Gasteiger partial charge in [-0.3, -0.25) is 9.59 Å². The van der Waals surface area contributed by atoms with Crippen LogP contribution in [0.15, 0.2) is 23.1 Å². The lowest BCUT2D eigenvalue weighted by atomic mass is 9.99. The zero-order valence-electron chi connectivity index (χ0n) is 11.2. The molecule has 0 aliphatic heterocycles. The average molecular weight is 266 g/mol. The normalized spacial score (nSPS) is 13.6. The van der Waals surface area contributed by atoms with E-state index in [1.54, 1.807) is 14.0 Å². The highest BCUT2D eigenvalue weighted by molar-refractivity contribution is 5.96. The van der Waals surface area contributed by atoms with Crippen LogP contribution >= 0.6 is 0 Å². The minimum absolute atomic E-state index is 0.164. The first kappa shape index (κ1) is 14.9. The number of aliphatic carboxylic acids is 1. The van der Waals surface area contributed by atoms with Crippen molar-refractivity contribution in [2.24, 2.45) is 13.0 Å². The number of carbonyl (C=O) groups excluding carboxylic acids is 1. The van der Waals surface area contributed by atoms with Gasteiger partial charge in [0, 0.05) is 24.9 Å². The predicted molar refractivity (Wildman–Crippen MR) is 70.0 cm³/mol. The van der Waals surface area contributed by atoms with Gasteiger partial charge in [-0.25, -0.2) is 4.79 Å². The third kappa shape index (κ3) is 3.67. The number of carboxylic acids is 1. The summed E-state index contributed by atoms with van der Waals surface area (Å²) in [6.07, 6.45) is 2.10. The van der Waals surface area contributed by atoms with Crippen LogP contribution in [0.3, 0.4) is 0 Å². The summed E-state index contributed by atoms with van der Waals surface area (Å²) in [6.45, 7) is 3.61. The lowest BCUT2D eigenvalue weighted by Crippen LogP contribution is -2.45. The first-order valence-electron chi connectivity index (χ1n) is 6.07. The first-order chi connectivity index (χ1) is 8.86. The minimum atomic E-state index is -1.08. The lowest BCUT2D eigenvalue weighted by Gasteiger charge is -2.20. The summed E-state index contributed by atoms with van der Waals surface area (Å²) in [6, 6.07) is 1.71. The number of carboxylic acid groups (broad SMARTS) is 1. The van der Waals surface area contributed by atoms with Crippen LogP contribution in [0.2, 0.25) is 0 Å². The number of hydrogen-bond acceptors (Lipinski definition) is 3. The number of amides is 1. The third-order valence-electron chi connectivity index (χ3n) is 3.13. The Hall–Kier alpha value is -2.11. The number of carbonyl (C=O) groups is 2. The fourth-order valence-corrected chi connectivity index (χ4v) is 1.60. The van der Waals surface area contributed by atoms with Crippen LogP contribution in [0.25, 0.3) is 0 Å². The van der Waals surface area contributed by atoms with Crippen molar-refractivity contribution in [3.8, 4) is 0 Å². The van der Waals surface area contributed by atoms with Crippen molar-refractivity contribution in [2.75, 3.05) is 0 Å². The van der Waals surface area contributed by atoms with Crippen molar-refractivity contribution >= 4 is 11.9 Å². The standard InChI is InChI=1S/C13H18N2O4/c1-4-8(2)11(13(18)19)14-12(17)9-5-6-15(3)10(16)7-9/h5-8,11H,4H2,1-3H3,(H,14,17)(H,18,19). The molecule has 0 spiro atoms. The first-order valence-corrected chi connectivity index (χ1v) is 6.07. The van der Waals surface area contributed by atoms with Gasteiger partial charge in [-0.1, -0.05) is 20.3 Å². The van der Waals surface area contributed by atoms with E-state index in [1.807, 2.05) is 6.92 Å². The Morgan fingerprint density at radius 1 is 1.47 bits per heavy atom. The predicted octanol–water partition coefficient (Wildman–Crippen LogP) is 0.614. The second-order valence-corrected chi connectivity index (χ2v) is 4.54. The maximum absolute atomic E-state index is 11.9. The molecule has 0 aromatic carbocycles. The molecule has 2 atom stereocenters. The van der Waals surface area contributed by atoms with Gasteiger partial charge < -0.3 is 15.0 Å². The number of hydrogen-bond donors (Lipinski definition) is 2. The van der Waals surface area contributed by atoms with Gasteiger partial charge in [0.25, 0.3) is 11.5 Å². The molecule has 0 aliphatic carbocycles. The van der Waals surface area contributed by atoms with E-state index in [9.17, 15) is 14.4 Å². The highest BCUT2D eigenvalue weighted by Crippen LogP contribution is 2.09. The van der Waals surface area contributed by atoms with Crippen molar-refractivity contribution in [1.29, 1.82) is 0 Å². The van der Waals surface area contributed by atoms with E-state index in [1.165, 1.54) is 22.9 Å². The molecular weight excluding hydrogens is 248 g/mol. The van der Waals surface area contributed by atoms with E-state index in [-0.39, 0.29) is 17.0 Å². The average Bonchev–Trinajstić information content (AvgIpc) is 2.37. The van der Waals surface area contributed by atoms with E-state index < -0.39 is 17.9 Å². The molecule has 0 radical (unpaired) electrons. The molecular formula is C13H18N2O4. The second kappa shape index (κ2) is 6.17. The van der Waals surface area contributed by atoms with Crippen molar-refractivity contribution in [2.45, 2.75) is 26.3 Å². The monoisotopic (exact) mass is 266 g/mol. The van der Waals surface area contributed by atoms with E-state index in [0.29, 0.717) is 6.42 Å². The molecule has 1 rings (SSSR count). The molecule has 1 aromatic heterocycles. The fraction of sp³-hybridized carbons (Fsp3) is 0.462. The van der Waals surface area contributed by atoms with Crippen molar-refractivity contribution in [3.05, 3.63) is 34.2 Å². The number of rotatable bonds is 5. The van der Waals surface area contributed by atoms with Crippen molar-refractivity contribution in [3.63, 3.8) is 0 Å². The Morgan fingerprint density at radius 3 is 2.58 bits per heavy atom. The highest BCUT2D eigenvalue weighted by atomic mass is 16.4. The molecule has 6 nitrogen and oxygen atoms in total. The summed E-state index contributed by atoms with van der Waals surface area (Å²) in [5, 5.41) is 11.5. The molecule has 0 fully saturated rings. The summed E-state index contributed by atoms with van der Waals surface area (Å²) in [7, 11) is 1.57. The van der Waals surface area contributed by atoms with Crippen LogP contribution < -0.4 is 10.9 Å². The molecule has 6 heteroatoms. The van der Waals surface area contributed by atoms with Gasteiger partial charge in [0.2, 0.25) is 0 Å². The number of pyridine rings is 1. The molecule has 0 aliphatic rings. The van der Waals surface area contributed by atoms with E-state index >= 15 is 0 Å². The topological polar surface area (TPSA) is 88.4 Å². The molecule has 2 unspecified atom stereocenters. The van der Waals surface area contributed by atoms with Crippen molar-refractivity contribution in [1.82, 2.24) is 9.88 Å². The van der Waals surface area contributed by atoms with Gasteiger partial charge in [-0.05, 0) is 12.0 Å². The van der Waals surface area contributed by atoms with Crippen LogP contribution in [0.5, 0.6) is 0 Å². The van der Waals surface area contributed by atoms with Crippen LogP contribution in [0.4, 0.5) is 0 Å². The van der Waals surface area contributed by atoms with Gasteiger partial charge >= 0.3 is 5.97 Å². The largest absolute Gasteiger partial charge is 0.480 e. The lowest BCUT2D eigenvalue weighted by molar-refractivity contribution is -0.140. The van der Waals surface area contributed by atoms with Crippen LogP contribution in [-0.2, 0) is 11.8 Å². The molecule has 1 heterocycles. The highest BCUT2D eigenvalue weighted by Gasteiger charge is 2.25. The van der Waals surface area contributed by atoms with E-state index in [2.05, 4.69) is 5.32 Å². The molecule has 1 amide bonds. The molecule has 1 aromatic rings. The van der Waals surface area contributed by atoms with Gasteiger partial charge in [-0.2, -0.15) is 0 Å². The van der Waals surface area contributed by atoms with Gasteiger partial charge in [0.1, 0.15) is 6.04 Å². The summed E-state index contributed by atoms with van der Waals surface area (Å²) in [5.74, 6) is -1.81.